The summed E-state index contributed by atoms with van der Waals surface area (Å²) in [5, 5.41) is 17.0. The van der Waals surface area contributed by atoms with Crippen LogP contribution in [0.3, 0.4) is 0 Å². The second kappa shape index (κ2) is 8.48. The number of rotatable bonds is 5. The first kappa shape index (κ1) is 20.0. The second-order valence-corrected chi connectivity index (χ2v) is 6.84. The van der Waals surface area contributed by atoms with Crippen LogP contribution in [0.2, 0.25) is 0 Å². The maximum absolute atomic E-state index is 12.8. The van der Waals surface area contributed by atoms with Crippen molar-refractivity contribution in [1.82, 2.24) is 4.98 Å². The van der Waals surface area contributed by atoms with Crippen LogP contribution < -0.4 is 10.6 Å². The molecule has 0 saturated heterocycles. The summed E-state index contributed by atoms with van der Waals surface area (Å²) in [7, 11) is 1.23. The van der Waals surface area contributed by atoms with Crippen LogP contribution in [0.15, 0.2) is 48.5 Å². The number of amides is 2. The lowest BCUT2D eigenvalue weighted by Crippen LogP contribution is -2.14. The maximum atomic E-state index is 12.8. The van der Waals surface area contributed by atoms with Gasteiger partial charge >= 0.3 is 6.09 Å². The van der Waals surface area contributed by atoms with Gasteiger partial charge in [-0.3, -0.25) is 20.2 Å². The van der Waals surface area contributed by atoms with Crippen molar-refractivity contribution in [3.63, 3.8) is 0 Å². The molecule has 0 radical (unpaired) electrons. The van der Waals surface area contributed by atoms with E-state index in [-0.39, 0.29) is 21.9 Å². The van der Waals surface area contributed by atoms with Crippen LogP contribution in [0, 0.1) is 17.0 Å². The van der Waals surface area contributed by atoms with E-state index in [0.29, 0.717) is 10.7 Å². The molecule has 9 nitrogen and oxygen atoms in total. The van der Waals surface area contributed by atoms with E-state index in [4.69, 9.17) is 0 Å². The highest BCUT2D eigenvalue weighted by Gasteiger charge is 2.21. The van der Waals surface area contributed by atoms with Crippen molar-refractivity contribution in [3.8, 4) is 11.3 Å². The lowest BCUT2D eigenvalue weighted by atomic mass is 10.1. The van der Waals surface area contributed by atoms with Gasteiger partial charge in [-0.05, 0) is 13.0 Å². The molecule has 0 unspecified atom stereocenters. The minimum Gasteiger partial charge on any atom is -0.453 e. The van der Waals surface area contributed by atoms with Gasteiger partial charge in [-0.1, -0.05) is 47.7 Å². The highest BCUT2D eigenvalue weighted by molar-refractivity contribution is 7.20. The van der Waals surface area contributed by atoms with E-state index in [1.807, 2.05) is 30.3 Å². The van der Waals surface area contributed by atoms with Gasteiger partial charge in [-0.25, -0.2) is 9.78 Å². The molecule has 2 amide bonds. The number of nitro benzene ring substituents is 1. The predicted octanol–water partition coefficient (Wildman–Crippen LogP) is 4.46. The maximum Gasteiger partial charge on any atom is 0.413 e. The molecule has 3 rings (SSSR count). The van der Waals surface area contributed by atoms with Crippen molar-refractivity contribution in [1.29, 1.82) is 0 Å². The average molecular weight is 412 g/mol. The molecule has 0 bridgehead atoms. The minimum absolute atomic E-state index is 0.140. The van der Waals surface area contributed by atoms with Crippen LogP contribution in [0.25, 0.3) is 11.3 Å². The molecule has 2 aromatic carbocycles. The fraction of sp³-hybridized carbons (Fsp3) is 0.105. The Morgan fingerprint density at radius 3 is 2.48 bits per heavy atom. The molecule has 2 N–H and O–H groups in total. The van der Waals surface area contributed by atoms with Crippen molar-refractivity contribution in [3.05, 3.63) is 69.8 Å². The number of benzene rings is 2. The van der Waals surface area contributed by atoms with E-state index >= 15 is 0 Å². The molecule has 0 fully saturated rings. The average Bonchev–Trinajstić information content (AvgIpc) is 3.10. The lowest BCUT2D eigenvalue weighted by molar-refractivity contribution is -0.385. The number of nitrogens with zero attached hydrogens (tertiary/aromatic N) is 2. The number of aromatic nitrogens is 1. The van der Waals surface area contributed by atoms with E-state index in [1.54, 1.807) is 0 Å². The summed E-state index contributed by atoms with van der Waals surface area (Å²) in [5.41, 5.74) is 1.48. The quantitative estimate of drug-likeness (QED) is 0.471. The molecule has 0 aliphatic rings. The van der Waals surface area contributed by atoms with Gasteiger partial charge in [0.25, 0.3) is 11.6 Å². The fourth-order valence-corrected chi connectivity index (χ4v) is 3.49. The van der Waals surface area contributed by atoms with Gasteiger partial charge in [0, 0.05) is 22.8 Å². The summed E-state index contributed by atoms with van der Waals surface area (Å²) in [5.74, 6) is -0.517. The molecular formula is C19H16N4O5S. The number of nitro groups is 1. The SMILES string of the molecule is COC(=O)Nc1nc(-c2ccccc2)c(NC(=O)c2cccc([N+](=O)[O-])c2C)s1. The van der Waals surface area contributed by atoms with Gasteiger partial charge < -0.3 is 10.1 Å². The van der Waals surface area contributed by atoms with E-state index in [2.05, 4.69) is 20.4 Å². The Hall–Kier alpha value is -3.79. The van der Waals surface area contributed by atoms with E-state index in [9.17, 15) is 19.7 Å². The topological polar surface area (TPSA) is 123 Å². The normalized spacial score (nSPS) is 10.3. The fourth-order valence-electron chi connectivity index (χ4n) is 2.63. The standard InChI is InChI=1S/C19H16N4O5S/c1-11-13(9-6-10-14(11)23(26)27)16(24)21-17-15(12-7-4-3-5-8-12)20-18(29-17)22-19(25)28-2/h3-10H,1-2H3,(H,21,24)(H,20,22,25). The molecule has 10 heteroatoms. The van der Waals surface area contributed by atoms with Crippen LogP contribution in [0.4, 0.5) is 20.6 Å². The molecule has 29 heavy (non-hydrogen) atoms. The van der Waals surface area contributed by atoms with Gasteiger partial charge in [0.2, 0.25) is 0 Å². The molecular weight excluding hydrogens is 396 g/mol. The van der Waals surface area contributed by atoms with Gasteiger partial charge in [0.05, 0.1) is 12.0 Å². The van der Waals surface area contributed by atoms with Crippen LogP contribution in [0.1, 0.15) is 15.9 Å². The van der Waals surface area contributed by atoms with Gasteiger partial charge in [0.15, 0.2) is 5.13 Å². The summed E-state index contributed by atoms with van der Waals surface area (Å²) in [6.45, 7) is 1.52. The van der Waals surface area contributed by atoms with Crippen molar-refractivity contribution in [2.75, 3.05) is 17.7 Å². The minimum atomic E-state index is -0.689. The Balaban J connectivity index is 1.97. The summed E-state index contributed by atoms with van der Waals surface area (Å²) in [6, 6.07) is 13.4. The number of nitrogens with one attached hydrogen (secondary N) is 2. The van der Waals surface area contributed by atoms with E-state index in [0.717, 1.165) is 16.9 Å². The monoisotopic (exact) mass is 412 g/mol. The molecule has 1 heterocycles. The van der Waals surface area contributed by atoms with E-state index < -0.39 is 16.9 Å². The molecule has 1 aromatic heterocycles. The summed E-state index contributed by atoms with van der Waals surface area (Å²) in [4.78, 5) is 39.3. The Labute approximate surface area is 169 Å². The first-order valence-electron chi connectivity index (χ1n) is 8.37. The number of carbonyl (C=O) groups is 2. The largest absolute Gasteiger partial charge is 0.453 e. The number of ether oxygens (including phenoxy) is 1. The zero-order chi connectivity index (χ0) is 21.0. The van der Waals surface area contributed by atoms with Crippen molar-refractivity contribution in [2.24, 2.45) is 0 Å². The van der Waals surface area contributed by atoms with Gasteiger partial charge in [0.1, 0.15) is 10.7 Å². The summed E-state index contributed by atoms with van der Waals surface area (Å²) < 4.78 is 4.58. The first-order chi connectivity index (χ1) is 13.9. The number of carbonyl (C=O) groups excluding carboxylic acids is 2. The third-order valence-electron chi connectivity index (χ3n) is 4.04. The summed E-state index contributed by atoms with van der Waals surface area (Å²) >= 11 is 1.05. The zero-order valence-electron chi connectivity index (χ0n) is 15.5. The van der Waals surface area contributed by atoms with Gasteiger partial charge in [-0.15, -0.1) is 0 Å². The van der Waals surface area contributed by atoms with Crippen LogP contribution in [0.5, 0.6) is 0 Å². The van der Waals surface area contributed by atoms with Crippen molar-refractivity contribution in [2.45, 2.75) is 6.92 Å². The number of hydrogen-bond donors (Lipinski definition) is 2. The Kier molecular flexibility index (Phi) is 5.84. The second-order valence-electron chi connectivity index (χ2n) is 5.84. The molecule has 148 valence electrons. The number of methoxy groups -OCH3 is 1. The van der Waals surface area contributed by atoms with Crippen LogP contribution in [-0.4, -0.2) is 29.0 Å². The van der Waals surface area contributed by atoms with Crippen LogP contribution in [-0.2, 0) is 4.74 Å². The molecule has 0 saturated carbocycles. The first-order valence-corrected chi connectivity index (χ1v) is 9.19. The summed E-state index contributed by atoms with van der Waals surface area (Å²) in [6.07, 6.45) is -0.689. The molecule has 0 spiro atoms. The van der Waals surface area contributed by atoms with Gasteiger partial charge in [-0.2, -0.15) is 0 Å². The third-order valence-corrected chi connectivity index (χ3v) is 4.93. The van der Waals surface area contributed by atoms with Crippen molar-refractivity contribution < 1.29 is 19.2 Å². The molecule has 0 aliphatic carbocycles. The smallest absolute Gasteiger partial charge is 0.413 e. The van der Waals surface area contributed by atoms with Crippen LogP contribution >= 0.6 is 11.3 Å². The Morgan fingerprint density at radius 2 is 1.83 bits per heavy atom. The highest BCUT2D eigenvalue weighted by Crippen LogP contribution is 2.36. The molecule has 0 aliphatic heterocycles. The van der Waals surface area contributed by atoms with E-state index in [1.165, 1.54) is 32.2 Å². The lowest BCUT2D eigenvalue weighted by Gasteiger charge is -2.08. The zero-order valence-corrected chi connectivity index (χ0v) is 16.3. The Bertz CT molecular complexity index is 1080. The number of hydrogen-bond acceptors (Lipinski definition) is 7. The third kappa shape index (κ3) is 4.38. The Morgan fingerprint density at radius 1 is 1.10 bits per heavy atom. The van der Waals surface area contributed by atoms with Crippen molar-refractivity contribution >= 4 is 39.2 Å². The predicted molar refractivity (Wildman–Crippen MR) is 109 cm³/mol. The molecule has 0 atom stereocenters. The number of thiazole rings is 1. The number of anilines is 2. The molecule has 3 aromatic rings. The highest BCUT2D eigenvalue weighted by atomic mass is 32.1.